The van der Waals surface area contributed by atoms with E-state index in [0.717, 1.165) is 12.8 Å². The Labute approximate surface area is 108 Å². The maximum absolute atomic E-state index is 11.7. The van der Waals surface area contributed by atoms with Crippen molar-refractivity contribution >= 4 is 11.9 Å². The zero-order valence-electron chi connectivity index (χ0n) is 11.4. The largest absolute Gasteiger partial charge is 0.550 e. The van der Waals surface area contributed by atoms with Gasteiger partial charge in [0.2, 0.25) is 5.91 Å². The summed E-state index contributed by atoms with van der Waals surface area (Å²) in [5.41, 5.74) is 0.411. The Morgan fingerprint density at radius 2 is 1.94 bits per heavy atom. The molecule has 0 aliphatic heterocycles. The van der Waals surface area contributed by atoms with Gasteiger partial charge in [-0.2, -0.15) is 0 Å². The van der Waals surface area contributed by atoms with Gasteiger partial charge in [0.15, 0.2) is 0 Å². The molecule has 0 heterocycles. The first-order valence-electron chi connectivity index (χ1n) is 6.76. The summed E-state index contributed by atoms with van der Waals surface area (Å²) in [6.45, 7) is 6.83. The number of carbonyl (C=O) groups is 2. The molecular weight excluding hydrogens is 230 g/mol. The van der Waals surface area contributed by atoms with E-state index in [1.165, 1.54) is 6.42 Å². The lowest BCUT2D eigenvalue weighted by atomic mass is 9.69. The molecule has 4 heteroatoms. The molecule has 2 aliphatic rings. The van der Waals surface area contributed by atoms with E-state index in [2.05, 4.69) is 26.1 Å². The number of nitrogens with one attached hydrogen (secondary N) is 1. The van der Waals surface area contributed by atoms with Crippen LogP contribution in [-0.4, -0.2) is 17.9 Å². The van der Waals surface area contributed by atoms with Gasteiger partial charge in [0.1, 0.15) is 0 Å². The molecule has 0 radical (unpaired) electrons. The molecule has 2 bridgehead atoms. The van der Waals surface area contributed by atoms with E-state index in [1.807, 2.05) is 0 Å². The van der Waals surface area contributed by atoms with Crippen LogP contribution in [0, 0.1) is 16.7 Å². The van der Waals surface area contributed by atoms with Gasteiger partial charge in [-0.3, -0.25) is 4.79 Å². The number of hydrogen-bond donors (Lipinski definition) is 1. The zero-order valence-corrected chi connectivity index (χ0v) is 11.4. The molecule has 2 aliphatic carbocycles. The third kappa shape index (κ3) is 1.91. The van der Waals surface area contributed by atoms with E-state index in [1.54, 1.807) is 0 Å². The van der Waals surface area contributed by atoms with Gasteiger partial charge < -0.3 is 15.2 Å². The predicted molar refractivity (Wildman–Crippen MR) is 65.4 cm³/mol. The average molecular weight is 252 g/mol. The van der Waals surface area contributed by atoms with Gasteiger partial charge in [0, 0.05) is 18.4 Å². The van der Waals surface area contributed by atoms with E-state index in [0.29, 0.717) is 5.92 Å². The summed E-state index contributed by atoms with van der Waals surface area (Å²) in [6.07, 6.45) is 3.26. The van der Waals surface area contributed by atoms with Gasteiger partial charge in [-0.15, -0.1) is 0 Å². The lowest BCUT2D eigenvalue weighted by molar-refractivity contribution is -0.305. The van der Waals surface area contributed by atoms with Crippen LogP contribution in [0.15, 0.2) is 0 Å². The van der Waals surface area contributed by atoms with Crippen molar-refractivity contribution in [3.8, 4) is 0 Å². The summed E-state index contributed by atoms with van der Waals surface area (Å²) in [4.78, 5) is 22.1. The highest BCUT2D eigenvalue weighted by molar-refractivity contribution is 5.80. The third-order valence-corrected chi connectivity index (χ3v) is 5.69. The first-order valence-corrected chi connectivity index (χ1v) is 6.76. The van der Waals surface area contributed by atoms with Crippen LogP contribution in [0.5, 0.6) is 0 Å². The Bertz CT molecular complexity index is 377. The van der Waals surface area contributed by atoms with E-state index in [9.17, 15) is 14.7 Å². The minimum absolute atomic E-state index is 0.0278. The molecule has 102 valence electrons. The number of carbonyl (C=O) groups excluding carboxylic acids is 2. The monoisotopic (exact) mass is 252 g/mol. The van der Waals surface area contributed by atoms with Crippen molar-refractivity contribution in [2.45, 2.75) is 58.9 Å². The normalized spacial score (nSPS) is 36.6. The summed E-state index contributed by atoms with van der Waals surface area (Å²) in [7, 11) is 0. The number of aliphatic carboxylic acids is 1. The van der Waals surface area contributed by atoms with Gasteiger partial charge in [0.25, 0.3) is 0 Å². The SMILES string of the molecule is CC1(C)[C@@H]2CC[C@]1(C)[C@H](NC(=O)CCC(=O)[O-])C2. The lowest BCUT2D eigenvalue weighted by Gasteiger charge is -2.39. The standard InChI is InChI=1S/C14H23NO3/c1-13(2)9-6-7-14(13,3)10(8-9)15-11(16)4-5-12(17)18/h9-10H,4-8H2,1-3H3,(H,15,16)(H,17,18)/p-1/t9-,10-,14-/m1/s1. The van der Waals surface area contributed by atoms with Crippen LogP contribution in [0.2, 0.25) is 0 Å². The minimum Gasteiger partial charge on any atom is -0.550 e. The molecule has 2 rings (SSSR count). The van der Waals surface area contributed by atoms with E-state index >= 15 is 0 Å². The second-order valence-corrected chi connectivity index (χ2v) is 6.60. The second-order valence-electron chi connectivity index (χ2n) is 6.60. The van der Waals surface area contributed by atoms with Gasteiger partial charge in [-0.05, 0) is 42.4 Å². The van der Waals surface area contributed by atoms with Crippen molar-refractivity contribution in [1.82, 2.24) is 5.32 Å². The topological polar surface area (TPSA) is 69.2 Å². The minimum atomic E-state index is -1.16. The van der Waals surface area contributed by atoms with Gasteiger partial charge in [-0.25, -0.2) is 0 Å². The number of carboxylic acids is 1. The number of hydrogen-bond acceptors (Lipinski definition) is 3. The molecule has 0 aromatic rings. The summed E-state index contributed by atoms with van der Waals surface area (Å²) >= 11 is 0. The quantitative estimate of drug-likeness (QED) is 0.806. The molecule has 0 saturated heterocycles. The maximum Gasteiger partial charge on any atom is 0.220 e. The molecule has 2 saturated carbocycles. The molecule has 18 heavy (non-hydrogen) atoms. The predicted octanol–water partition coefficient (Wildman–Crippen LogP) is 0.847. The molecule has 1 N–H and O–H groups in total. The first kappa shape index (κ1) is 13.4. The van der Waals surface area contributed by atoms with Crippen LogP contribution in [-0.2, 0) is 9.59 Å². The number of rotatable bonds is 4. The molecule has 2 fully saturated rings. The molecule has 4 nitrogen and oxygen atoms in total. The lowest BCUT2D eigenvalue weighted by Crippen LogP contribution is -2.47. The zero-order chi connectivity index (χ0) is 13.6. The van der Waals surface area contributed by atoms with Gasteiger partial charge in [-0.1, -0.05) is 20.8 Å². The van der Waals surface area contributed by atoms with Crippen LogP contribution < -0.4 is 10.4 Å². The molecule has 1 amide bonds. The molecule has 0 spiro atoms. The number of fused-ring (bicyclic) bond motifs is 2. The van der Waals surface area contributed by atoms with Gasteiger partial charge >= 0.3 is 0 Å². The molecule has 0 aromatic carbocycles. The Hall–Kier alpha value is -1.06. The summed E-state index contributed by atoms with van der Waals surface area (Å²) < 4.78 is 0. The highest BCUT2D eigenvalue weighted by Gasteiger charge is 2.61. The molecule has 3 atom stereocenters. The average Bonchev–Trinajstić information content (AvgIpc) is 2.59. The van der Waals surface area contributed by atoms with E-state index in [4.69, 9.17) is 0 Å². The maximum atomic E-state index is 11.7. The fourth-order valence-corrected chi connectivity index (χ4v) is 3.90. The number of amides is 1. The van der Waals surface area contributed by atoms with E-state index in [-0.39, 0.29) is 35.6 Å². The summed E-state index contributed by atoms with van der Waals surface area (Å²) in [5, 5.41) is 13.4. The van der Waals surface area contributed by atoms with Gasteiger partial charge in [0.05, 0.1) is 0 Å². The van der Waals surface area contributed by atoms with Crippen molar-refractivity contribution < 1.29 is 14.7 Å². The summed E-state index contributed by atoms with van der Waals surface area (Å²) in [6, 6.07) is 0.195. The van der Waals surface area contributed by atoms with Crippen molar-refractivity contribution in [2.75, 3.05) is 0 Å². The Balaban J connectivity index is 1.96. The fraction of sp³-hybridized carbons (Fsp3) is 0.857. The Morgan fingerprint density at radius 3 is 2.39 bits per heavy atom. The molecule has 0 aromatic heterocycles. The van der Waals surface area contributed by atoms with E-state index < -0.39 is 5.97 Å². The second kappa shape index (κ2) is 4.25. The van der Waals surface area contributed by atoms with Crippen LogP contribution in [0.25, 0.3) is 0 Å². The smallest absolute Gasteiger partial charge is 0.220 e. The van der Waals surface area contributed by atoms with Crippen LogP contribution in [0.1, 0.15) is 52.9 Å². The number of carboxylic acid groups (broad SMARTS) is 1. The van der Waals surface area contributed by atoms with Crippen molar-refractivity contribution in [1.29, 1.82) is 0 Å². The van der Waals surface area contributed by atoms with Crippen molar-refractivity contribution in [3.05, 3.63) is 0 Å². The highest BCUT2D eigenvalue weighted by atomic mass is 16.4. The molecule has 0 unspecified atom stereocenters. The van der Waals surface area contributed by atoms with Crippen molar-refractivity contribution in [3.63, 3.8) is 0 Å². The van der Waals surface area contributed by atoms with Crippen LogP contribution in [0.3, 0.4) is 0 Å². The fourth-order valence-electron chi connectivity index (χ4n) is 3.90. The highest BCUT2D eigenvalue weighted by Crippen LogP contribution is 2.65. The van der Waals surface area contributed by atoms with Crippen LogP contribution >= 0.6 is 0 Å². The Morgan fingerprint density at radius 1 is 1.28 bits per heavy atom. The first-order chi connectivity index (χ1) is 8.27. The van der Waals surface area contributed by atoms with Crippen LogP contribution in [0.4, 0.5) is 0 Å². The third-order valence-electron chi connectivity index (χ3n) is 5.69. The Kier molecular flexibility index (Phi) is 3.16. The summed E-state index contributed by atoms with van der Waals surface area (Å²) in [5.74, 6) is -0.646. The van der Waals surface area contributed by atoms with Crippen molar-refractivity contribution in [2.24, 2.45) is 16.7 Å². The molecular formula is C14H22NO3-.